The number of sulfonamides is 1. The molecule has 2 fully saturated rings. The van der Waals surface area contributed by atoms with E-state index in [4.69, 9.17) is 5.73 Å². The zero-order chi connectivity index (χ0) is 13.6. The van der Waals surface area contributed by atoms with Gasteiger partial charge in [-0.3, -0.25) is 0 Å². The second kappa shape index (κ2) is 4.45. The number of benzene rings is 1. The molecule has 1 aliphatic heterocycles. The highest BCUT2D eigenvalue weighted by Crippen LogP contribution is 2.40. The van der Waals surface area contributed by atoms with Crippen molar-refractivity contribution in [2.75, 3.05) is 18.8 Å². The summed E-state index contributed by atoms with van der Waals surface area (Å²) in [4.78, 5) is -0.366. The van der Waals surface area contributed by atoms with Crippen LogP contribution in [0.15, 0.2) is 23.1 Å². The van der Waals surface area contributed by atoms with Gasteiger partial charge in [0.05, 0.1) is 5.69 Å². The smallest absolute Gasteiger partial charge is 0.248 e. The molecular weight excluding hydrogens is 267 g/mol. The molecule has 19 heavy (non-hydrogen) atoms. The highest BCUT2D eigenvalue weighted by molar-refractivity contribution is 7.89. The molecule has 6 heteroatoms. The van der Waals surface area contributed by atoms with Crippen molar-refractivity contribution in [2.45, 2.75) is 24.2 Å². The fourth-order valence-electron chi connectivity index (χ4n) is 3.32. The molecule has 2 aliphatic rings. The predicted octanol–water partition coefficient (Wildman–Crippen LogP) is 1.83. The zero-order valence-corrected chi connectivity index (χ0v) is 11.4. The highest BCUT2D eigenvalue weighted by atomic mass is 32.2. The molecule has 0 amide bonds. The lowest BCUT2D eigenvalue weighted by molar-refractivity contribution is 0.441. The van der Waals surface area contributed by atoms with E-state index in [2.05, 4.69) is 0 Å². The lowest BCUT2D eigenvalue weighted by Gasteiger charge is -2.18. The number of anilines is 1. The minimum atomic E-state index is -3.81. The van der Waals surface area contributed by atoms with Gasteiger partial charge in [-0.15, -0.1) is 0 Å². The first-order chi connectivity index (χ1) is 9.00. The van der Waals surface area contributed by atoms with Gasteiger partial charge in [0.25, 0.3) is 0 Å². The van der Waals surface area contributed by atoms with Crippen LogP contribution in [-0.4, -0.2) is 25.8 Å². The second-order valence-corrected chi connectivity index (χ2v) is 7.31. The number of nitrogen functional groups attached to an aromatic ring is 1. The minimum Gasteiger partial charge on any atom is -0.398 e. The van der Waals surface area contributed by atoms with Crippen LogP contribution >= 0.6 is 0 Å². The summed E-state index contributed by atoms with van der Waals surface area (Å²) >= 11 is 0. The van der Waals surface area contributed by atoms with E-state index in [0.717, 1.165) is 18.9 Å². The second-order valence-electron chi connectivity index (χ2n) is 5.43. The van der Waals surface area contributed by atoms with E-state index in [9.17, 15) is 12.8 Å². The summed E-state index contributed by atoms with van der Waals surface area (Å²) in [6, 6.07) is 3.98. The maximum absolute atomic E-state index is 13.8. The van der Waals surface area contributed by atoms with E-state index in [1.165, 1.54) is 22.9 Å². The Hall–Kier alpha value is -1.14. The Bertz CT molecular complexity index is 570. The van der Waals surface area contributed by atoms with Crippen LogP contribution in [-0.2, 0) is 10.0 Å². The monoisotopic (exact) mass is 284 g/mol. The third-order valence-electron chi connectivity index (χ3n) is 4.29. The van der Waals surface area contributed by atoms with Gasteiger partial charge in [0, 0.05) is 13.1 Å². The third-order valence-corrected chi connectivity index (χ3v) is 6.21. The van der Waals surface area contributed by atoms with E-state index in [0.29, 0.717) is 24.9 Å². The number of nitrogens with zero attached hydrogens (tertiary/aromatic N) is 1. The average Bonchev–Trinajstić information content (AvgIpc) is 2.87. The third kappa shape index (κ3) is 2.03. The van der Waals surface area contributed by atoms with Crippen LogP contribution in [0.3, 0.4) is 0 Å². The Morgan fingerprint density at radius 1 is 1.21 bits per heavy atom. The largest absolute Gasteiger partial charge is 0.398 e. The number of nitrogens with two attached hydrogens (primary N) is 1. The molecule has 0 spiro atoms. The Balaban J connectivity index is 1.96. The van der Waals surface area contributed by atoms with E-state index >= 15 is 0 Å². The van der Waals surface area contributed by atoms with Gasteiger partial charge in [0.2, 0.25) is 10.0 Å². The van der Waals surface area contributed by atoms with Gasteiger partial charge >= 0.3 is 0 Å². The van der Waals surface area contributed by atoms with Crippen LogP contribution < -0.4 is 5.73 Å². The van der Waals surface area contributed by atoms with Gasteiger partial charge in [-0.05, 0) is 36.8 Å². The van der Waals surface area contributed by atoms with Crippen LogP contribution in [0, 0.1) is 17.7 Å². The summed E-state index contributed by atoms with van der Waals surface area (Å²) in [5.74, 6) is 0.0996. The molecule has 4 nitrogen and oxygen atoms in total. The molecule has 2 unspecified atom stereocenters. The average molecular weight is 284 g/mol. The molecule has 1 aromatic carbocycles. The normalized spacial score (nSPS) is 27.6. The SMILES string of the molecule is Nc1cccc(F)c1S(=O)(=O)N1CC2CCCC2C1. The van der Waals surface area contributed by atoms with E-state index < -0.39 is 15.8 Å². The molecule has 2 N–H and O–H groups in total. The van der Waals surface area contributed by atoms with Crippen LogP contribution in [0.5, 0.6) is 0 Å². The van der Waals surface area contributed by atoms with E-state index in [-0.39, 0.29) is 10.6 Å². The first-order valence-corrected chi connectivity index (χ1v) is 7.98. The molecule has 2 atom stereocenters. The Morgan fingerprint density at radius 2 is 1.84 bits per heavy atom. The molecular formula is C13H17FN2O2S. The van der Waals surface area contributed by atoms with Gasteiger partial charge in [0.15, 0.2) is 0 Å². The molecule has 1 saturated carbocycles. The predicted molar refractivity (Wildman–Crippen MR) is 70.4 cm³/mol. The summed E-state index contributed by atoms with van der Waals surface area (Å²) in [5, 5.41) is 0. The first kappa shape index (κ1) is 12.9. The van der Waals surface area contributed by atoms with Crippen molar-refractivity contribution < 1.29 is 12.8 Å². The number of rotatable bonds is 2. The number of hydrogen-bond donors (Lipinski definition) is 1. The van der Waals surface area contributed by atoms with Gasteiger partial charge in [-0.1, -0.05) is 12.5 Å². The Morgan fingerprint density at radius 3 is 2.42 bits per heavy atom. The minimum absolute atomic E-state index is 0.0166. The lowest BCUT2D eigenvalue weighted by Crippen LogP contribution is -2.31. The maximum atomic E-state index is 13.8. The van der Waals surface area contributed by atoms with Gasteiger partial charge in [-0.2, -0.15) is 4.31 Å². The summed E-state index contributed by atoms with van der Waals surface area (Å²) < 4.78 is 40.2. The number of fused-ring (bicyclic) bond motifs is 1. The molecule has 1 aliphatic carbocycles. The van der Waals surface area contributed by atoms with Crippen LogP contribution in [0.25, 0.3) is 0 Å². The van der Waals surface area contributed by atoms with Crippen LogP contribution in [0.2, 0.25) is 0 Å². The van der Waals surface area contributed by atoms with Crippen molar-refractivity contribution in [2.24, 2.45) is 11.8 Å². The molecule has 0 aromatic heterocycles. The highest BCUT2D eigenvalue weighted by Gasteiger charge is 2.42. The van der Waals surface area contributed by atoms with E-state index in [1.807, 2.05) is 0 Å². The number of hydrogen-bond acceptors (Lipinski definition) is 3. The fraction of sp³-hybridized carbons (Fsp3) is 0.538. The van der Waals surface area contributed by atoms with Gasteiger partial charge in [-0.25, -0.2) is 12.8 Å². The molecule has 1 saturated heterocycles. The number of halogens is 1. The lowest BCUT2D eigenvalue weighted by atomic mass is 10.0. The van der Waals surface area contributed by atoms with Crippen molar-refractivity contribution in [1.29, 1.82) is 0 Å². The van der Waals surface area contributed by atoms with Gasteiger partial charge < -0.3 is 5.73 Å². The van der Waals surface area contributed by atoms with Crippen LogP contribution in [0.4, 0.5) is 10.1 Å². The Kier molecular flexibility index (Phi) is 3.02. The van der Waals surface area contributed by atoms with Crippen LogP contribution in [0.1, 0.15) is 19.3 Å². The van der Waals surface area contributed by atoms with Crippen molar-refractivity contribution in [3.8, 4) is 0 Å². The topological polar surface area (TPSA) is 63.4 Å². The zero-order valence-electron chi connectivity index (χ0n) is 10.5. The summed E-state index contributed by atoms with van der Waals surface area (Å²) in [7, 11) is -3.81. The van der Waals surface area contributed by atoms with Crippen molar-refractivity contribution in [3.63, 3.8) is 0 Å². The van der Waals surface area contributed by atoms with Gasteiger partial charge in [0.1, 0.15) is 10.7 Å². The van der Waals surface area contributed by atoms with Crippen molar-refractivity contribution in [3.05, 3.63) is 24.0 Å². The Labute approximate surface area is 112 Å². The summed E-state index contributed by atoms with van der Waals surface area (Å²) in [6.45, 7) is 1.00. The quantitative estimate of drug-likeness (QED) is 0.843. The molecule has 104 valence electrons. The molecule has 1 heterocycles. The molecule has 1 aromatic rings. The summed E-state index contributed by atoms with van der Waals surface area (Å²) in [5.41, 5.74) is 5.63. The fourth-order valence-corrected chi connectivity index (χ4v) is 5.03. The maximum Gasteiger partial charge on any atom is 0.248 e. The molecule has 0 radical (unpaired) electrons. The summed E-state index contributed by atoms with van der Waals surface area (Å²) in [6.07, 6.45) is 3.32. The first-order valence-electron chi connectivity index (χ1n) is 6.54. The van der Waals surface area contributed by atoms with E-state index in [1.54, 1.807) is 0 Å². The van der Waals surface area contributed by atoms with Crippen molar-refractivity contribution >= 4 is 15.7 Å². The van der Waals surface area contributed by atoms with Crippen molar-refractivity contribution in [1.82, 2.24) is 4.31 Å². The standard InChI is InChI=1S/C13H17FN2O2S/c14-11-5-2-6-12(15)13(11)19(17,18)16-7-9-3-1-4-10(9)8-16/h2,5-6,9-10H,1,3-4,7-8,15H2. The molecule has 0 bridgehead atoms. The molecule has 3 rings (SSSR count).